The van der Waals surface area contributed by atoms with E-state index in [1.165, 1.54) is 32.8 Å². The molecule has 0 aromatic carbocycles. The molecular weight excluding hydrogens is 220 g/mol. The first-order chi connectivity index (χ1) is 8.09. The van der Waals surface area contributed by atoms with Crippen molar-refractivity contribution in [2.24, 2.45) is 5.41 Å². The Balaban J connectivity index is 1.72. The largest absolute Gasteiger partial charge is 0.467 e. The molecule has 4 fully saturated rings. The fraction of sp³-hybridized carbons (Fsp3) is 0.923. The lowest BCUT2D eigenvalue weighted by Crippen LogP contribution is -2.49. The second-order valence-electron chi connectivity index (χ2n) is 6.21. The molecule has 3 heterocycles. The van der Waals surface area contributed by atoms with Crippen molar-refractivity contribution in [3.8, 4) is 0 Å². The molecule has 2 bridgehead atoms. The lowest BCUT2D eigenvalue weighted by atomic mass is 9.65. The number of methoxy groups -OCH3 is 1. The average molecular weight is 238 g/mol. The summed E-state index contributed by atoms with van der Waals surface area (Å²) in [6, 6.07) is 0. The number of rotatable bonds is 1. The van der Waals surface area contributed by atoms with Gasteiger partial charge in [-0.3, -0.25) is 0 Å². The standard InChI is InChI=1S/C13H18O4/c1-11-9-12(5-3-4-6-12)7-8(16-9)13(11,17-11)10(14)15-2/h8-9H,3-7H2,1-2H3/t8-,9+,11+,13+/m0/s1. The highest BCUT2D eigenvalue weighted by atomic mass is 16.7. The van der Waals surface area contributed by atoms with Gasteiger partial charge in [0.25, 0.3) is 0 Å². The highest BCUT2D eigenvalue weighted by molar-refractivity contribution is 5.87. The molecule has 0 N–H and O–H groups in total. The number of ether oxygens (including phenoxy) is 3. The fourth-order valence-electron chi connectivity index (χ4n) is 4.80. The molecule has 94 valence electrons. The van der Waals surface area contributed by atoms with Crippen LogP contribution >= 0.6 is 0 Å². The highest BCUT2D eigenvalue weighted by Crippen LogP contribution is 2.72. The summed E-state index contributed by atoms with van der Waals surface area (Å²) in [5.41, 5.74) is -0.916. The maximum atomic E-state index is 11.9. The Hall–Kier alpha value is -0.610. The van der Waals surface area contributed by atoms with Crippen LogP contribution in [0.2, 0.25) is 0 Å². The van der Waals surface area contributed by atoms with Crippen LogP contribution in [-0.4, -0.2) is 36.5 Å². The van der Waals surface area contributed by atoms with Crippen molar-refractivity contribution in [3.63, 3.8) is 0 Å². The van der Waals surface area contributed by atoms with E-state index in [0.29, 0.717) is 0 Å². The van der Waals surface area contributed by atoms with Crippen molar-refractivity contribution in [1.82, 2.24) is 0 Å². The van der Waals surface area contributed by atoms with Crippen LogP contribution in [0.15, 0.2) is 0 Å². The number of epoxide rings is 1. The first kappa shape index (κ1) is 10.3. The summed E-state index contributed by atoms with van der Waals surface area (Å²) in [6.07, 6.45) is 6.02. The van der Waals surface area contributed by atoms with Crippen LogP contribution in [0.4, 0.5) is 0 Å². The zero-order chi connectivity index (χ0) is 11.9. The van der Waals surface area contributed by atoms with E-state index >= 15 is 0 Å². The van der Waals surface area contributed by atoms with E-state index in [0.717, 1.165) is 6.42 Å². The van der Waals surface area contributed by atoms with Gasteiger partial charge in [-0.05, 0) is 26.2 Å². The summed E-state index contributed by atoms with van der Waals surface area (Å²) in [7, 11) is 1.43. The Morgan fingerprint density at radius 1 is 1.35 bits per heavy atom. The second-order valence-corrected chi connectivity index (χ2v) is 6.21. The Labute approximate surface area is 101 Å². The molecule has 0 amide bonds. The zero-order valence-electron chi connectivity index (χ0n) is 10.3. The predicted molar refractivity (Wildman–Crippen MR) is 58.4 cm³/mol. The number of hydrogen-bond donors (Lipinski definition) is 0. The van der Waals surface area contributed by atoms with Crippen molar-refractivity contribution in [3.05, 3.63) is 0 Å². The van der Waals surface area contributed by atoms with Gasteiger partial charge >= 0.3 is 5.97 Å². The first-order valence-electron chi connectivity index (χ1n) is 6.53. The molecule has 0 aromatic rings. The first-order valence-corrected chi connectivity index (χ1v) is 6.53. The number of esters is 1. The summed E-state index contributed by atoms with van der Waals surface area (Å²) in [5, 5.41) is 0. The van der Waals surface area contributed by atoms with Crippen LogP contribution in [0.3, 0.4) is 0 Å². The Morgan fingerprint density at radius 3 is 2.65 bits per heavy atom. The minimum atomic E-state index is -0.778. The second kappa shape index (κ2) is 2.69. The van der Waals surface area contributed by atoms with Crippen LogP contribution in [0.5, 0.6) is 0 Å². The molecule has 4 rings (SSSR count). The number of fused-ring (bicyclic) bond motifs is 6. The number of carbonyl (C=O) groups excluding carboxylic acids is 1. The average Bonchev–Trinajstić information content (AvgIpc) is 2.72. The quantitative estimate of drug-likeness (QED) is 0.512. The molecule has 1 aliphatic carbocycles. The minimum absolute atomic E-state index is 0.0805. The number of carbonyl (C=O) groups is 1. The topological polar surface area (TPSA) is 48.1 Å². The summed E-state index contributed by atoms with van der Waals surface area (Å²) in [4.78, 5) is 11.9. The third-order valence-electron chi connectivity index (χ3n) is 5.56. The molecule has 4 aliphatic rings. The van der Waals surface area contributed by atoms with Gasteiger partial charge in [0.05, 0.1) is 13.2 Å². The fourth-order valence-corrected chi connectivity index (χ4v) is 4.80. The Kier molecular flexibility index (Phi) is 1.64. The summed E-state index contributed by atoms with van der Waals surface area (Å²) < 4.78 is 16.8. The Morgan fingerprint density at radius 2 is 2.06 bits per heavy atom. The summed E-state index contributed by atoms with van der Waals surface area (Å²) in [6.45, 7) is 2.02. The van der Waals surface area contributed by atoms with Crippen LogP contribution in [0, 0.1) is 5.41 Å². The van der Waals surface area contributed by atoms with Crippen molar-refractivity contribution < 1.29 is 19.0 Å². The third kappa shape index (κ3) is 0.868. The van der Waals surface area contributed by atoms with E-state index in [-0.39, 0.29) is 23.6 Å². The van der Waals surface area contributed by atoms with E-state index in [2.05, 4.69) is 0 Å². The molecule has 4 atom stereocenters. The molecule has 17 heavy (non-hydrogen) atoms. The van der Waals surface area contributed by atoms with E-state index in [9.17, 15) is 4.79 Å². The van der Waals surface area contributed by atoms with E-state index in [4.69, 9.17) is 14.2 Å². The van der Waals surface area contributed by atoms with E-state index in [1.54, 1.807) is 0 Å². The van der Waals surface area contributed by atoms with Gasteiger partial charge in [0.15, 0.2) is 0 Å². The highest BCUT2D eigenvalue weighted by Gasteiger charge is 2.90. The number of hydrogen-bond acceptors (Lipinski definition) is 4. The van der Waals surface area contributed by atoms with Gasteiger partial charge in [-0.1, -0.05) is 12.8 Å². The van der Waals surface area contributed by atoms with Gasteiger partial charge in [0.2, 0.25) is 5.60 Å². The SMILES string of the molecule is COC(=O)[C@@]12O[C@]1(C)[C@H]1O[C@H]2CC12CCCC2. The lowest BCUT2D eigenvalue weighted by Gasteiger charge is -2.33. The summed E-state index contributed by atoms with van der Waals surface area (Å²) in [5.74, 6) is -0.250. The van der Waals surface area contributed by atoms with Gasteiger partial charge in [0, 0.05) is 5.41 Å². The van der Waals surface area contributed by atoms with Gasteiger partial charge < -0.3 is 14.2 Å². The van der Waals surface area contributed by atoms with Gasteiger partial charge in [-0.15, -0.1) is 0 Å². The molecule has 1 spiro atoms. The lowest BCUT2D eigenvalue weighted by molar-refractivity contribution is -0.151. The van der Waals surface area contributed by atoms with Crippen molar-refractivity contribution >= 4 is 5.97 Å². The van der Waals surface area contributed by atoms with E-state index in [1.807, 2.05) is 6.92 Å². The van der Waals surface area contributed by atoms with Crippen LogP contribution in [0.1, 0.15) is 39.0 Å². The Bertz CT molecular complexity index is 400. The molecule has 3 saturated heterocycles. The van der Waals surface area contributed by atoms with Crippen molar-refractivity contribution in [1.29, 1.82) is 0 Å². The molecule has 0 radical (unpaired) electrons. The minimum Gasteiger partial charge on any atom is -0.467 e. The smallest absolute Gasteiger partial charge is 0.344 e. The molecule has 0 aromatic heterocycles. The summed E-state index contributed by atoms with van der Waals surface area (Å²) >= 11 is 0. The van der Waals surface area contributed by atoms with E-state index < -0.39 is 11.2 Å². The van der Waals surface area contributed by atoms with Crippen molar-refractivity contribution in [2.75, 3.05) is 7.11 Å². The monoisotopic (exact) mass is 238 g/mol. The van der Waals surface area contributed by atoms with Gasteiger partial charge in [-0.25, -0.2) is 4.79 Å². The molecule has 3 aliphatic heterocycles. The zero-order valence-corrected chi connectivity index (χ0v) is 10.3. The maximum Gasteiger partial charge on any atom is 0.344 e. The van der Waals surface area contributed by atoms with Gasteiger partial charge in [-0.2, -0.15) is 0 Å². The predicted octanol–water partition coefficient (Wildman–Crippen LogP) is 1.42. The molecule has 4 heteroatoms. The normalized spacial score (nSPS) is 52.8. The third-order valence-corrected chi connectivity index (χ3v) is 5.56. The molecule has 0 unspecified atom stereocenters. The maximum absolute atomic E-state index is 11.9. The van der Waals surface area contributed by atoms with Crippen LogP contribution in [0.25, 0.3) is 0 Å². The van der Waals surface area contributed by atoms with Crippen LogP contribution < -0.4 is 0 Å². The molecule has 4 nitrogen and oxygen atoms in total. The van der Waals surface area contributed by atoms with Gasteiger partial charge in [0.1, 0.15) is 11.7 Å². The molecular formula is C13H18O4. The van der Waals surface area contributed by atoms with Crippen LogP contribution in [-0.2, 0) is 19.0 Å². The molecule has 1 saturated carbocycles. The van der Waals surface area contributed by atoms with Crippen molar-refractivity contribution in [2.45, 2.75) is 62.4 Å².